The third-order valence-corrected chi connectivity index (χ3v) is 4.58. The minimum absolute atomic E-state index is 0.0780. The highest BCUT2D eigenvalue weighted by molar-refractivity contribution is 5.97. The van der Waals surface area contributed by atoms with Crippen molar-refractivity contribution in [2.24, 2.45) is 0 Å². The van der Waals surface area contributed by atoms with Gasteiger partial charge in [-0.2, -0.15) is 0 Å². The highest BCUT2D eigenvalue weighted by Crippen LogP contribution is 2.24. The molecular formula is C23H20F2N2O5. The Morgan fingerprint density at radius 2 is 1.50 bits per heavy atom. The number of hydrogen-bond donors (Lipinski definition) is 4. The number of halogens is 2. The van der Waals surface area contributed by atoms with E-state index >= 15 is 0 Å². The zero-order valence-electron chi connectivity index (χ0n) is 17.1. The van der Waals surface area contributed by atoms with Gasteiger partial charge in [0.05, 0.1) is 0 Å². The summed E-state index contributed by atoms with van der Waals surface area (Å²) in [6.45, 7) is 0.940. The van der Waals surface area contributed by atoms with Crippen molar-refractivity contribution in [2.75, 3.05) is 7.11 Å². The Hall–Kier alpha value is -3.92. The fourth-order valence-corrected chi connectivity index (χ4v) is 2.54. The van der Waals surface area contributed by atoms with Crippen LogP contribution in [0, 0.1) is 23.7 Å². The molecule has 0 saturated heterocycles. The van der Waals surface area contributed by atoms with Gasteiger partial charge in [-0.1, -0.05) is 11.8 Å². The van der Waals surface area contributed by atoms with E-state index in [4.69, 9.17) is 9.94 Å². The molecule has 2 rings (SSSR count). The van der Waals surface area contributed by atoms with Gasteiger partial charge in [0, 0.05) is 23.8 Å². The topological polar surface area (TPSA) is 108 Å². The van der Waals surface area contributed by atoms with Gasteiger partial charge in [-0.15, -0.1) is 0 Å². The lowest BCUT2D eigenvalue weighted by Crippen LogP contribution is -2.62. The first kappa shape index (κ1) is 24.4. The summed E-state index contributed by atoms with van der Waals surface area (Å²) in [5.74, 6) is 8.97. The number of nitrogens with one attached hydrogen (secondary N) is 2. The number of aromatic hydroxyl groups is 1. The number of phenolic OH excluding ortho intramolecular Hbond substituents is 1. The lowest BCUT2D eigenvalue weighted by Gasteiger charge is -2.34. The van der Waals surface area contributed by atoms with Crippen molar-refractivity contribution in [1.29, 1.82) is 0 Å². The molecule has 0 saturated carbocycles. The van der Waals surface area contributed by atoms with E-state index in [0.717, 1.165) is 14.0 Å². The summed E-state index contributed by atoms with van der Waals surface area (Å²) in [6.07, 6.45) is -3.13. The van der Waals surface area contributed by atoms with Crippen LogP contribution in [0.25, 0.3) is 0 Å². The van der Waals surface area contributed by atoms with Crippen LogP contribution in [-0.4, -0.2) is 47.3 Å². The summed E-state index contributed by atoms with van der Waals surface area (Å²) in [4.78, 5) is 24.3. The van der Waals surface area contributed by atoms with Crippen LogP contribution in [-0.2, 0) is 9.53 Å². The summed E-state index contributed by atoms with van der Waals surface area (Å²) in [7, 11) is 0.966. The number of carbonyl (C=O) groups excluding carboxylic acids is 2. The Labute approximate surface area is 183 Å². The van der Waals surface area contributed by atoms with E-state index in [2.05, 4.69) is 29.0 Å². The molecule has 0 heterocycles. The highest BCUT2D eigenvalue weighted by atomic mass is 19.3. The quantitative estimate of drug-likeness (QED) is 0.311. The molecule has 0 radical (unpaired) electrons. The van der Waals surface area contributed by atoms with Gasteiger partial charge in [-0.3, -0.25) is 14.8 Å². The fraction of sp³-hybridized carbons (Fsp3) is 0.217. The summed E-state index contributed by atoms with van der Waals surface area (Å²) in [6, 6.07) is 10.3. The van der Waals surface area contributed by atoms with Gasteiger partial charge in [0.25, 0.3) is 18.2 Å². The molecule has 2 aromatic carbocycles. The predicted octanol–water partition coefficient (Wildman–Crippen LogP) is 2.07. The van der Waals surface area contributed by atoms with Crippen molar-refractivity contribution in [3.8, 4) is 29.4 Å². The van der Waals surface area contributed by atoms with Gasteiger partial charge in [-0.05, 0) is 67.3 Å². The van der Waals surface area contributed by atoms with Crippen molar-refractivity contribution in [2.45, 2.75) is 25.0 Å². The summed E-state index contributed by atoms with van der Waals surface area (Å²) in [5, 5.41) is 20.3. The fourth-order valence-electron chi connectivity index (χ4n) is 2.54. The van der Waals surface area contributed by atoms with Crippen LogP contribution in [0.3, 0.4) is 0 Å². The van der Waals surface area contributed by atoms with Crippen molar-refractivity contribution in [1.82, 2.24) is 10.8 Å². The second-order valence-corrected chi connectivity index (χ2v) is 6.70. The number of hydrogen-bond acceptors (Lipinski definition) is 5. The van der Waals surface area contributed by atoms with E-state index in [9.17, 15) is 23.5 Å². The molecule has 0 bridgehead atoms. The normalized spacial score (nSPS) is 12.9. The SMILES string of the molecule is COC(C)(C(F)F)[C@H](NC(=O)c1ccc(C#CC#Cc2ccc(O)cc2)cc1)C(=O)NO. The second kappa shape index (κ2) is 10.9. The van der Waals surface area contributed by atoms with E-state index in [-0.39, 0.29) is 11.3 Å². The third kappa shape index (κ3) is 6.05. The molecule has 0 aromatic heterocycles. The Kier molecular flexibility index (Phi) is 8.31. The van der Waals surface area contributed by atoms with Crippen LogP contribution in [0.15, 0.2) is 48.5 Å². The van der Waals surface area contributed by atoms with E-state index in [1.165, 1.54) is 41.9 Å². The van der Waals surface area contributed by atoms with Crippen LogP contribution < -0.4 is 10.8 Å². The van der Waals surface area contributed by atoms with Crippen LogP contribution in [0.4, 0.5) is 8.78 Å². The number of ether oxygens (including phenoxy) is 1. The number of phenols is 1. The molecular weight excluding hydrogens is 422 g/mol. The standard InChI is InChI=1S/C23H20F2N2O5/c1-23(32-2,22(24)25)19(21(30)27-31)26-20(29)17-11-7-15(8-12-17)5-3-4-6-16-9-13-18(28)14-10-16/h7-14,19,22,28,31H,1-2H3,(H,26,29)(H,27,30)/t19-,23?/m1/s1. The molecule has 0 aliphatic carbocycles. The Morgan fingerprint density at radius 1 is 1.00 bits per heavy atom. The van der Waals surface area contributed by atoms with E-state index in [1.54, 1.807) is 12.1 Å². The maximum Gasteiger partial charge on any atom is 0.269 e. The molecule has 32 heavy (non-hydrogen) atoms. The monoisotopic (exact) mass is 442 g/mol. The van der Waals surface area contributed by atoms with Crippen LogP contribution in [0.5, 0.6) is 5.75 Å². The molecule has 0 aliphatic rings. The lowest BCUT2D eigenvalue weighted by atomic mass is 9.95. The number of rotatable bonds is 6. The molecule has 0 aliphatic heterocycles. The van der Waals surface area contributed by atoms with Crippen molar-refractivity contribution >= 4 is 11.8 Å². The number of methoxy groups -OCH3 is 1. The van der Waals surface area contributed by atoms with Crippen molar-refractivity contribution in [3.63, 3.8) is 0 Å². The van der Waals surface area contributed by atoms with E-state index in [1.807, 2.05) is 0 Å². The van der Waals surface area contributed by atoms with Gasteiger partial charge < -0.3 is 15.2 Å². The van der Waals surface area contributed by atoms with Gasteiger partial charge >= 0.3 is 0 Å². The molecule has 166 valence electrons. The molecule has 0 spiro atoms. The predicted molar refractivity (Wildman–Crippen MR) is 111 cm³/mol. The number of carbonyl (C=O) groups is 2. The van der Waals surface area contributed by atoms with Gasteiger partial charge in [-0.25, -0.2) is 14.3 Å². The smallest absolute Gasteiger partial charge is 0.269 e. The molecule has 2 aromatic rings. The van der Waals surface area contributed by atoms with Crippen molar-refractivity contribution < 1.29 is 33.4 Å². The van der Waals surface area contributed by atoms with Gasteiger partial charge in [0.1, 0.15) is 11.8 Å². The number of amides is 2. The highest BCUT2D eigenvalue weighted by Gasteiger charge is 2.48. The third-order valence-electron chi connectivity index (χ3n) is 4.58. The second-order valence-electron chi connectivity index (χ2n) is 6.70. The molecule has 4 N–H and O–H groups in total. The Bertz CT molecular complexity index is 1080. The summed E-state index contributed by atoms with van der Waals surface area (Å²) in [5.41, 5.74) is 0.186. The Morgan fingerprint density at radius 3 is 1.94 bits per heavy atom. The zero-order valence-corrected chi connectivity index (χ0v) is 17.1. The molecule has 9 heteroatoms. The molecule has 7 nitrogen and oxygen atoms in total. The average Bonchev–Trinajstić information content (AvgIpc) is 2.80. The first-order valence-electron chi connectivity index (χ1n) is 9.20. The number of hydroxylamine groups is 1. The Balaban J connectivity index is 2.12. The summed E-state index contributed by atoms with van der Waals surface area (Å²) >= 11 is 0. The lowest BCUT2D eigenvalue weighted by molar-refractivity contribution is -0.157. The van der Waals surface area contributed by atoms with Crippen LogP contribution >= 0.6 is 0 Å². The van der Waals surface area contributed by atoms with E-state index in [0.29, 0.717) is 11.1 Å². The maximum absolute atomic E-state index is 13.4. The number of benzene rings is 2. The van der Waals surface area contributed by atoms with Gasteiger partial charge in [0.2, 0.25) is 0 Å². The molecule has 0 fully saturated rings. The molecule has 2 atom stereocenters. The zero-order chi connectivity index (χ0) is 23.7. The first-order chi connectivity index (χ1) is 15.2. The minimum atomic E-state index is -3.13. The first-order valence-corrected chi connectivity index (χ1v) is 9.20. The van der Waals surface area contributed by atoms with Gasteiger partial charge in [0.15, 0.2) is 5.60 Å². The minimum Gasteiger partial charge on any atom is -0.508 e. The molecule has 2 amide bonds. The number of alkyl halides is 2. The van der Waals surface area contributed by atoms with Crippen LogP contribution in [0.2, 0.25) is 0 Å². The largest absolute Gasteiger partial charge is 0.508 e. The van der Waals surface area contributed by atoms with Crippen LogP contribution in [0.1, 0.15) is 28.4 Å². The summed E-state index contributed by atoms with van der Waals surface area (Å²) < 4.78 is 31.6. The van der Waals surface area contributed by atoms with Crippen molar-refractivity contribution in [3.05, 3.63) is 65.2 Å². The average molecular weight is 442 g/mol. The maximum atomic E-state index is 13.4. The van der Waals surface area contributed by atoms with E-state index < -0.39 is 29.9 Å². The molecule has 1 unspecified atom stereocenters.